The molecular formula is C21H22ClNO. The molecule has 0 radical (unpaired) electrons. The Morgan fingerprint density at radius 2 is 2.00 bits per heavy atom. The van der Waals surface area contributed by atoms with Crippen molar-refractivity contribution >= 4 is 17.3 Å². The molecule has 2 nitrogen and oxygen atoms in total. The molecule has 2 aromatic carbocycles. The molecule has 0 saturated heterocycles. The number of rotatable bonds is 4. The van der Waals surface area contributed by atoms with E-state index in [0.717, 1.165) is 30.2 Å². The lowest BCUT2D eigenvalue weighted by molar-refractivity contribution is 0.317. The molecule has 1 N–H and O–H groups in total. The van der Waals surface area contributed by atoms with E-state index in [0.29, 0.717) is 17.9 Å². The Kier molecular flexibility index (Phi) is 4.24. The van der Waals surface area contributed by atoms with E-state index in [4.69, 9.17) is 16.3 Å². The largest absolute Gasteiger partial charge is 0.494 e. The van der Waals surface area contributed by atoms with Crippen LogP contribution in [0.15, 0.2) is 54.6 Å². The Bertz CT molecular complexity index is 753. The third kappa shape index (κ3) is 2.80. The summed E-state index contributed by atoms with van der Waals surface area (Å²) in [6, 6.07) is 15.0. The fourth-order valence-electron chi connectivity index (χ4n) is 3.89. The van der Waals surface area contributed by atoms with Gasteiger partial charge in [0, 0.05) is 16.6 Å². The number of anilines is 1. The first-order chi connectivity index (χ1) is 11.8. The second-order valence-electron chi connectivity index (χ2n) is 6.62. The maximum absolute atomic E-state index is 6.21. The van der Waals surface area contributed by atoms with Crippen LogP contribution in [-0.4, -0.2) is 6.61 Å². The molecule has 0 unspecified atom stereocenters. The van der Waals surface area contributed by atoms with Gasteiger partial charge < -0.3 is 10.1 Å². The highest BCUT2D eigenvalue weighted by atomic mass is 35.5. The first kappa shape index (κ1) is 15.6. The maximum atomic E-state index is 6.21. The van der Waals surface area contributed by atoms with E-state index < -0.39 is 0 Å². The second kappa shape index (κ2) is 6.52. The quantitative estimate of drug-likeness (QED) is 0.694. The minimum absolute atomic E-state index is 0.318. The van der Waals surface area contributed by atoms with Gasteiger partial charge >= 0.3 is 0 Å². The molecule has 4 rings (SSSR count). The molecule has 2 aliphatic rings. The summed E-state index contributed by atoms with van der Waals surface area (Å²) in [6.07, 6.45) is 6.77. The lowest BCUT2D eigenvalue weighted by atomic mass is 9.77. The minimum atomic E-state index is 0.318. The summed E-state index contributed by atoms with van der Waals surface area (Å²) in [6.45, 7) is 2.89. The standard InChI is InChI=1S/C21H22ClNO/c1-2-12-24-16-9-6-14(7-10-16)21-18-5-3-4-17(18)19-13-15(22)8-11-20(19)23-21/h3-4,6-11,13,17-18,21,23H,2,5,12H2,1H3/t17-,18+,21+/m1/s1. The maximum Gasteiger partial charge on any atom is 0.119 e. The number of fused-ring (bicyclic) bond motifs is 3. The van der Waals surface area contributed by atoms with Crippen LogP contribution in [0, 0.1) is 5.92 Å². The van der Waals surface area contributed by atoms with Gasteiger partial charge in [-0.2, -0.15) is 0 Å². The van der Waals surface area contributed by atoms with Crippen molar-refractivity contribution in [3.05, 3.63) is 70.8 Å². The number of halogens is 1. The van der Waals surface area contributed by atoms with E-state index in [9.17, 15) is 0 Å². The van der Waals surface area contributed by atoms with Crippen molar-refractivity contribution in [3.8, 4) is 5.75 Å². The van der Waals surface area contributed by atoms with Crippen LogP contribution in [0.2, 0.25) is 5.02 Å². The van der Waals surface area contributed by atoms with E-state index in [2.05, 4.69) is 60.8 Å². The summed E-state index contributed by atoms with van der Waals surface area (Å²) >= 11 is 6.21. The summed E-state index contributed by atoms with van der Waals surface area (Å²) in [7, 11) is 0. The third-order valence-electron chi connectivity index (χ3n) is 5.04. The predicted octanol–water partition coefficient (Wildman–Crippen LogP) is 5.96. The highest BCUT2D eigenvalue weighted by Gasteiger charge is 2.37. The molecule has 0 aromatic heterocycles. The summed E-state index contributed by atoms with van der Waals surface area (Å²) in [5.41, 5.74) is 3.84. The first-order valence-electron chi connectivity index (χ1n) is 8.71. The zero-order chi connectivity index (χ0) is 16.5. The molecule has 0 bridgehead atoms. The molecule has 24 heavy (non-hydrogen) atoms. The number of allylic oxidation sites excluding steroid dienone is 2. The number of hydrogen-bond donors (Lipinski definition) is 1. The van der Waals surface area contributed by atoms with Gasteiger partial charge in [0.25, 0.3) is 0 Å². The molecule has 124 valence electrons. The molecule has 1 aliphatic carbocycles. The lowest BCUT2D eigenvalue weighted by Gasteiger charge is -2.37. The Labute approximate surface area is 148 Å². The van der Waals surface area contributed by atoms with Gasteiger partial charge in [0.15, 0.2) is 0 Å². The van der Waals surface area contributed by atoms with Gasteiger partial charge in [-0.05, 0) is 60.2 Å². The topological polar surface area (TPSA) is 21.3 Å². The minimum Gasteiger partial charge on any atom is -0.494 e. The summed E-state index contributed by atoms with van der Waals surface area (Å²) in [5.74, 6) is 1.93. The van der Waals surface area contributed by atoms with Crippen LogP contribution in [0.3, 0.4) is 0 Å². The highest BCUT2D eigenvalue weighted by Crippen LogP contribution is 2.50. The zero-order valence-corrected chi connectivity index (χ0v) is 14.6. The fourth-order valence-corrected chi connectivity index (χ4v) is 4.07. The van der Waals surface area contributed by atoms with E-state index in [1.54, 1.807) is 0 Å². The van der Waals surface area contributed by atoms with Crippen molar-refractivity contribution < 1.29 is 4.74 Å². The Morgan fingerprint density at radius 3 is 2.79 bits per heavy atom. The summed E-state index contributed by atoms with van der Waals surface area (Å²) < 4.78 is 5.71. The summed E-state index contributed by atoms with van der Waals surface area (Å²) in [4.78, 5) is 0. The normalized spacial score (nSPS) is 24.2. The molecule has 3 atom stereocenters. The molecule has 0 amide bonds. The molecule has 3 heteroatoms. The molecule has 0 fully saturated rings. The van der Waals surface area contributed by atoms with E-state index in [1.165, 1.54) is 16.8 Å². The van der Waals surface area contributed by atoms with Crippen LogP contribution >= 0.6 is 11.6 Å². The van der Waals surface area contributed by atoms with Crippen molar-refractivity contribution in [1.82, 2.24) is 0 Å². The number of benzene rings is 2. The Hall–Kier alpha value is -1.93. The predicted molar refractivity (Wildman–Crippen MR) is 100 cm³/mol. The molecule has 0 saturated carbocycles. The van der Waals surface area contributed by atoms with Crippen LogP contribution < -0.4 is 10.1 Å². The average Bonchev–Trinajstić information content (AvgIpc) is 3.10. The zero-order valence-electron chi connectivity index (χ0n) is 13.8. The molecule has 1 heterocycles. The molecular weight excluding hydrogens is 318 g/mol. The van der Waals surface area contributed by atoms with Gasteiger partial charge in [-0.1, -0.05) is 42.8 Å². The van der Waals surface area contributed by atoms with Crippen LogP contribution in [0.25, 0.3) is 0 Å². The van der Waals surface area contributed by atoms with E-state index in [1.807, 2.05) is 6.07 Å². The Morgan fingerprint density at radius 1 is 1.17 bits per heavy atom. The van der Waals surface area contributed by atoms with Gasteiger partial charge in [-0.25, -0.2) is 0 Å². The van der Waals surface area contributed by atoms with Crippen LogP contribution in [0.5, 0.6) is 5.75 Å². The number of nitrogens with one attached hydrogen (secondary N) is 1. The van der Waals surface area contributed by atoms with E-state index in [-0.39, 0.29) is 0 Å². The smallest absolute Gasteiger partial charge is 0.119 e. The van der Waals surface area contributed by atoms with Crippen LogP contribution in [-0.2, 0) is 0 Å². The Balaban J connectivity index is 1.63. The summed E-state index contributed by atoms with van der Waals surface area (Å²) in [5, 5.41) is 4.55. The van der Waals surface area contributed by atoms with E-state index >= 15 is 0 Å². The monoisotopic (exact) mass is 339 g/mol. The van der Waals surface area contributed by atoms with Crippen LogP contribution in [0.4, 0.5) is 5.69 Å². The van der Waals surface area contributed by atoms with Crippen molar-refractivity contribution in [1.29, 1.82) is 0 Å². The first-order valence-corrected chi connectivity index (χ1v) is 9.09. The highest BCUT2D eigenvalue weighted by molar-refractivity contribution is 6.30. The van der Waals surface area contributed by atoms with Crippen molar-refractivity contribution in [3.63, 3.8) is 0 Å². The number of ether oxygens (including phenoxy) is 1. The lowest BCUT2D eigenvalue weighted by Crippen LogP contribution is -2.29. The van der Waals surface area contributed by atoms with Gasteiger partial charge in [0.05, 0.1) is 12.6 Å². The molecule has 1 aliphatic heterocycles. The van der Waals surface area contributed by atoms with Gasteiger partial charge in [-0.3, -0.25) is 0 Å². The average molecular weight is 340 g/mol. The van der Waals surface area contributed by atoms with Gasteiger partial charge in [-0.15, -0.1) is 0 Å². The van der Waals surface area contributed by atoms with Crippen LogP contribution in [0.1, 0.15) is 42.9 Å². The molecule has 2 aromatic rings. The van der Waals surface area contributed by atoms with Gasteiger partial charge in [0.1, 0.15) is 5.75 Å². The van der Waals surface area contributed by atoms with Crippen molar-refractivity contribution in [2.45, 2.75) is 31.7 Å². The molecule has 0 spiro atoms. The fraction of sp³-hybridized carbons (Fsp3) is 0.333. The number of hydrogen-bond acceptors (Lipinski definition) is 2. The van der Waals surface area contributed by atoms with Crippen molar-refractivity contribution in [2.75, 3.05) is 11.9 Å². The van der Waals surface area contributed by atoms with Gasteiger partial charge in [0.2, 0.25) is 0 Å². The van der Waals surface area contributed by atoms with Crippen molar-refractivity contribution in [2.24, 2.45) is 5.92 Å². The third-order valence-corrected chi connectivity index (χ3v) is 5.27. The SMILES string of the molecule is CCCOc1ccc([C@@H]2Nc3ccc(Cl)cc3[C@@H]3C=CC[C@@H]32)cc1. The second-order valence-corrected chi connectivity index (χ2v) is 7.06.